The van der Waals surface area contributed by atoms with E-state index in [1.807, 2.05) is 0 Å². The lowest BCUT2D eigenvalue weighted by atomic mass is 10.2. The normalized spacial score (nSPS) is 11.5. The maximum Gasteiger partial charge on any atom is 0.218 e. The summed E-state index contributed by atoms with van der Waals surface area (Å²) in [4.78, 5) is 2.65. The number of hydrogen-bond donors (Lipinski definition) is 2. The lowest BCUT2D eigenvalue weighted by molar-refractivity contribution is 0.459. The minimum Gasteiger partial charge on any atom is -0.493 e. The fraction of sp³-hybridized carbons (Fsp3) is 0. The van der Waals surface area contributed by atoms with Crippen molar-refractivity contribution in [2.24, 2.45) is 10.2 Å². The molecule has 0 aliphatic rings. The predicted molar refractivity (Wildman–Crippen MR) is 75.5 cm³/mol. The van der Waals surface area contributed by atoms with E-state index in [0.717, 1.165) is 0 Å². The Morgan fingerprint density at radius 3 is 2.75 bits per heavy atom. The van der Waals surface area contributed by atoms with Gasteiger partial charge in [0.05, 0.1) is 11.2 Å². The Bertz CT molecular complexity index is 813. The predicted octanol–water partition coefficient (Wildman–Crippen LogP) is 5.08. The van der Waals surface area contributed by atoms with Crippen LogP contribution in [0.15, 0.2) is 52.7 Å². The number of fused-ring (bicyclic) bond motifs is 1. The highest BCUT2D eigenvalue weighted by molar-refractivity contribution is 6.30. The van der Waals surface area contributed by atoms with Gasteiger partial charge in [0.1, 0.15) is 5.82 Å². The summed E-state index contributed by atoms with van der Waals surface area (Å²) in [5, 5.41) is 18.9. The molecule has 0 amide bonds. The summed E-state index contributed by atoms with van der Waals surface area (Å²) in [6.45, 7) is 0. The van der Waals surface area contributed by atoms with Crippen LogP contribution in [0.1, 0.15) is 0 Å². The first-order valence-electron chi connectivity index (χ1n) is 5.81. The fourth-order valence-corrected chi connectivity index (χ4v) is 2.07. The average Bonchev–Trinajstić information content (AvgIpc) is 2.71. The number of rotatable bonds is 2. The quantitative estimate of drug-likeness (QED) is 0.635. The Morgan fingerprint density at radius 1 is 1.10 bits per heavy atom. The van der Waals surface area contributed by atoms with Gasteiger partial charge in [-0.2, -0.15) is 5.11 Å². The first kappa shape index (κ1) is 12.6. The summed E-state index contributed by atoms with van der Waals surface area (Å²) in [6.07, 6.45) is 0. The first-order chi connectivity index (χ1) is 9.63. The van der Waals surface area contributed by atoms with Gasteiger partial charge in [-0.15, -0.1) is 5.11 Å². The summed E-state index contributed by atoms with van der Waals surface area (Å²) in [5.41, 5.74) is 1.29. The number of benzene rings is 2. The fourth-order valence-electron chi connectivity index (χ4n) is 1.89. The Labute approximate surface area is 118 Å². The SMILES string of the molecule is Oc1[nH]c2cc(F)ccc2c1N=Nc1cccc(Cl)c1. The zero-order valence-corrected chi connectivity index (χ0v) is 10.9. The number of nitrogens with zero attached hydrogens (tertiary/aromatic N) is 2. The van der Waals surface area contributed by atoms with Crippen molar-refractivity contribution in [3.63, 3.8) is 0 Å². The molecule has 0 aliphatic heterocycles. The lowest BCUT2D eigenvalue weighted by Gasteiger charge is -1.94. The van der Waals surface area contributed by atoms with Gasteiger partial charge in [-0.1, -0.05) is 17.7 Å². The molecule has 0 saturated heterocycles. The van der Waals surface area contributed by atoms with Gasteiger partial charge in [0.15, 0.2) is 5.69 Å². The van der Waals surface area contributed by atoms with Crippen LogP contribution in [0.4, 0.5) is 15.8 Å². The summed E-state index contributed by atoms with van der Waals surface area (Å²) in [5.74, 6) is -0.548. The minimum absolute atomic E-state index is 0.156. The van der Waals surface area contributed by atoms with E-state index in [2.05, 4.69) is 15.2 Å². The van der Waals surface area contributed by atoms with E-state index >= 15 is 0 Å². The Morgan fingerprint density at radius 2 is 1.95 bits per heavy atom. The summed E-state index contributed by atoms with van der Waals surface area (Å²) in [6, 6.07) is 11.0. The second-order valence-corrected chi connectivity index (χ2v) is 4.63. The standard InChI is InChI=1S/C14H9ClFN3O/c15-8-2-1-3-10(6-8)18-19-13-11-5-4-9(16)7-12(11)17-14(13)20/h1-7,17,20H. The monoisotopic (exact) mass is 289 g/mol. The molecule has 4 nitrogen and oxygen atoms in total. The molecule has 1 heterocycles. The molecule has 100 valence electrons. The number of aromatic hydroxyl groups is 1. The van der Waals surface area contributed by atoms with Gasteiger partial charge < -0.3 is 10.1 Å². The molecule has 0 aliphatic carbocycles. The van der Waals surface area contributed by atoms with Gasteiger partial charge in [0.2, 0.25) is 5.88 Å². The molecule has 0 unspecified atom stereocenters. The van der Waals surface area contributed by atoms with Gasteiger partial charge in [-0.3, -0.25) is 0 Å². The third-order valence-electron chi connectivity index (χ3n) is 2.79. The first-order valence-corrected chi connectivity index (χ1v) is 6.19. The largest absolute Gasteiger partial charge is 0.493 e. The number of halogens is 2. The van der Waals surface area contributed by atoms with Crippen LogP contribution in [0.5, 0.6) is 5.88 Å². The van der Waals surface area contributed by atoms with E-state index < -0.39 is 5.82 Å². The molecule has 3 rings (SSSR count). The van der Waals surface area contributed by atoms with Crippen LogP contribution < -0.4 is 0 Å². The van der Waals surface area contributed by atoms with E-state index in [1.165, 1.54) is 18.2 Å². The van der Waals surface area contributed by atoms with Crippen molar-refractivity contribution in [1.82, 2.24) is 4.98 Å². The lowest BCUT2D eigenvalue weighted by Crippen LogP contribution is -1.72. The van der Waals surface area contributed by atoms with Crippen LogP contribution in [0.2, 0.25) is 5.02 Å². The van der Waals surface area contributed by atoms with Crippen molar-refractivity contribution in [1.29, 1.82) is 0 Å². The van der Waals surface area contributed by atoms with Gasteiger partial charge in [-0.05, 0) is 36.4 Å². The summed E-state index contributed by atoms with van der Waals surface area (Å²) >= 11 is 5.85. The molecule has 0 saturated carbocycles. The molecule has 0 spiro atoms. The van der Waals surface area contributed by atoms with E-state index in [9.17, 15) is 9.50 Å². The maximum absolute atomic E-state index is 13.1. The van der Waals surface area contributed by atoms with Crippen molar-refractivity contribution < 1.29 is 9.50 Å². The maximum atomic E-state index is 13.1. The molecular weight excluding hydrogens is 281 g/mol. The smallest absolute Gasteiger partial charge is 0.218 e. The Balaban J connectivity index is 2.04. The zero-order valence-electron chi connectivity index (χ0n) is 10.1. The van der Waals surface area contributed by atoms with E-state index in [1.54, 1.807) is 24.3 Å². The van der Waals surface area contributed by atoms with Crippen LogP contribution >= 0.6 is 11.6 Å². The van der Waals surface area contributed by atoms with E-state index in [0.29, 0.717) is 21.6 Å². The summed E-state index contributed by atoms with van der Waals surface area (Å²) in [7, 11) is 0. The van der Waals surface area contributed by atoms with Crippen LogP contribution in [-0.2, 0) is 0 Å². The molecule has 6 heteroatoms. The second kappa shape index (κ2) is 4.94. The number of aromatic amines is 1. The van der Waals surface area contributed by atoms with E-state index in [4.69, 9.17) is 11.6 Å². The molecule has 0 bridgehead atoms. The number of aromatic nitrogens is 1. The number of H-pyrrole nitrogens is 1. The molecule has 0 atom stereocenters. The highest BCUT2D eigenvalue weighted by Crippen LogP contribution is 2.36. The summed E-state index contributed by atoms with van der Waals surface area (Å²) < 4.78 is 13.1. The number of nitrogens with one attached hydrogen (secondary N) is 1. The molecule has 2 aromatic carbocycles. The third kappa shape index (κ3) is 2.35. The van der Waals surface area contributed by atoms with Gasteiger partial charge in [0.25, 0.3) is 0 Å². The van der Waals surface area contributed by atoms with Crippen molar-refractivity contribution in [3.05, 3.63) is 53.3 Å². The van der Waals surface area contributed by atoms with Gasteiger partial charge >= 0.3 is 0 Å². The van der Waals surface area contributed by atoms with Crippen LogP contribution in [0.3, 0.4) is 0 Å². The molecule has 0 fully saturated rings. The van der Waals surface area contributed by atoms with Crippen LogP contribution in [-0.4, -0.2) is 10.1 Å². The Kier molecular flexibility index (Phi) is 3.12. The van der Waals surface area contributed by atoms with Gasteiger partial charge in [-0.25, -0.2) is 4.39 Å². The van der Waals surface area contributed by atoms with Crippen molar-refractivity contribution in [3.8, 4) is 5.88 Å². The Hall–Kier alpha value is -2.40. The zero-order chi connectivity index (χ0) is 14.1. The highest BCUT2D eigenvalue weighted by atomic mass is 35.5. The van der Waals surface area contributed by atoms with Gasteiger partial charge in [0, 0.05) is 10.4 Å². The van der Waals surface area contributed by atoms with Crippen molar-refractivity contribution >= 4 is 33.9 Å². The molecule has 1 aromatic heterocycles. The van der Waals surface area contributed by atoms with Crippen molar-refractivity contribution in [2.45, 2.75) is 0 Å². The van der Waals surface area contributed by atoms with Crippen LogP contribution in [0.25, 0.3) is 10.9 Å². The molecule has 0 radical (unpaired) electrons. The number of hydrogen-bond acceptors (Lipinski definition) is 3. The topological polar surface area (TPSA) is 60.7 Å². The van der Waals surface area contributed by atoms with E-state index in [-0.39, 0.29) is 11.6 Å². The number of azo groups is 1. The molecule has 3 aromatic rings. The van der Waals surface area contributed by atoms with Crippen molar-refractivity contribution in [2.75, 3.05) is 0 Å². The third-order valence-corrected chi connectivity index (χ3v) is 3.02. The molecular formula is C14H9ClFN3O. The minimum atomic E-state index is -0.392. The molecule has 2 N–H and O–H groups in total. The molecule has 20 heavy (non-hydrogen) atoms. The second-order valence-electron chi connectivity index (χ2n) is 4.19. The average molecular weight is 290 g/mol. The van der Waals surface area contributed by atoms with Crippen LogP contribution in [0, 0.1) is 5.82 Å². The highest BCUT2D eigenvalue weighted by Gasteiger charge is 2.10.